The molecule has 0 aromatic carbocycles. The lowest BCUT2D eigenvalue weighted by Crippen LogP contribution is -2.47. The van der Waals surface area contributed by atoms with Crippen molar-refractivity contribution in [3.63, 3.8) is 0 Å². The molecule has 0 aromatic heterocycles. The molecule has 1 rings (SSSR count). The maximum absolute atomic E-state index is 11.7. The van der Waals surface area contributed by atoms with Crippen LogP contribution in [0.3, 0.4) is 0 Å². The first-order chi connectivity index (χ1) is 8.49. The molecule has 0 aromatic rings. The maximum Gasteiger partial charge on any atom is 0.318 e. The van der Waals surface area contributed by atoms with Crippen LogP contribution in [0, 0.1) is 5.92 Å². The molecular weight excluding hydrogens is 242 g/mol. The average molecular weight is 257 g/mol. The van der Waals surface area contributed by atoms with Gasteiger partial charge in [-0.2, -0.15) is 0 Å². The highest BCUT2D eigenvalue weighted by molar-refractivity contribution is 6.01. The van der Waals surface area contributed by atoms with Gasteiger partial charge in [0, 0.05) is 19.5 Å². The fourth-order valence-electron chi connectivity index (χ4n) is 1.72. The largest absolute Gasteiger partial charge is 0.469 e. The van der Waals surface area contributed by atoms with Gasteiger partial charge < -0.3 is 14.4 Å². The molecule has 7 heteroatoms. The predicted octanol–water partition coefficient (Wildman–Crippen LogP) is -0.860. The molecule has 7 nitrogen and oxygen atoms in total. The van der Waals surface area contributed by atoms with Crippen molar-refractivity contribution >= 4 is 23.6 Å². The predicted molar refractivity (Wildman–Crippen MR) is 58.3 cm³/mol. The van der Waals surface area contributed by atoms with Crippen molar-refractivity contribution in [2.45, 2.75) is 12.8 Å². The molecular formula is C11H15NO6. The molecule has 100 valence electrons. The highest BCUT2D eigenvalue weighted by Gasteiger charge is 2.35. The Hall–Kier alpha value is -1.92. The van der Waals surface area contributed by atoms with E-state index >= 15 is 0 Å². The highest BCUT2D eigenvalue weighted by atomic mass is 16.5. The fourth-order valence-corrected chi connectivity index (χ4v) is 1.72. The SMILES string of the molecule is COC(=O)CC(=O)N1CCC(=O)C(C(=O)OC)C1. The number of carbonyl (C=O) groups excluding carboxylic acids is 4. The van der Waals surface area contributed by atoms with E-state index in [1.807, 2.05) is 0 Å². The number of piperidine rings is 1. The van der Waals surface area contributed by atoms with Gasteiger partial charge in [0.2, 0.25) is 5.91 Å². The lowest BCUT2D eigenvalue weighted by atomic mass is 9.96. The summed E-state index contributed by atoms with van der Waals surface area (Å²) in [6, 6.07) is 0. The first-order valence-corrected chi connectivity index (χ1v) is 5.44. The van der Waals surface area contributed by atoms with E-state index in [2.05, 4.69) is 9.47 Å². The Morgan fingerprint density at radius 2 is 1.94 bits per heavy atom. The lowest BCUT2D eigenvalue weighted by Gasteiger charge is -2.30. The molecule has 0 N–H and O–H groups in total. The molecule has 1 saturated heterocycles. The number of ether oxygens (including phenoxy) is 2. The quantitative estimate of drug-likeness (QED) is 0.482. The van der Waals surface area contributed by atoms with Crippen molar-refractivity contribution in [3.05, 3.63) is 0 Å². The number of hydrogen-bond donors (Lipinski definition) is 0. The van der Waals surface area contributed by atoms with Gasteiger partial charge >= 0.3 is 11.9 Å². The topological polar surface area (TPSA) is 90.0 Å². The third-order valence-electron chi connectivity index (χ3n) is 2.78. The van der Waals surface area contributed by atoms with Gasteiger partial charge in [0.25, 0.3) is 0 Å². The van der Waals surface area contributed by atoms with Crippen molar-refractivity contribution in [2.24, 2.45) is 5.92 Å². The minimum absolute atomic E-state index is 0.0403. The molecule has 18 heavy (non-hydrogen) atoms. The second kappa shape index (κ2) is 6.13. The molecule has 1 amide bonds. The molecule has 0 radical (unpaired) electrons. The van der Waals surface area contributed by atoms with Crippen molar-refractivity contribution in [1.82, 2.24) is 4.90 Å². The Morgan fingerprint density at radius 1 is 1.28 bits per heavy atom. The summed E-state index contributed by atoms with van der Waals surface area (Å²) in [5, 5.41) is 0. The van der Waals surface area contributed by atoms with Gasteiger partial charge in [0.15, 0.2) is 5.78 Å². The molecule has 1 atom stereocenters. The zero-order valence-corrected chi connectivity index (χ0v) is 10.3. The summed E-state index contributed by atoms with van der Waals surface area (Å²) in [6.07, 6.45) is -0.300. The number of methoxy groups -OCH3 is 2. The van der Waals surface area contributed by atoms with Crippen molar-refractivity contribution in [1.29, 1.82) is 0 Å². The van der Waals surface area contributed by atoms with Gasteiger partial charge in [0.1, 0.15) is 12.3 Å². The monoisotopic (exact) mass is 257 g/mol. The van der Waals surface area contributed by atoms with Crippen LogP contribution in [-0.2, 0) is 28.7 Å². The first-order valence-electron chi connectivity index (χ1n) is 5.44. The van der Waals surface area contributed by atoms with E-state index in [9.17, 15) is 19.2 Å². The van der Waals surface area contributed by atoms with Crippen LogP contribution >= 0.6 is 0 Å². The van der Waals surface area contributed by atoms with Crippen LogP contribution in [0.4, 0.5) is 0 Å². The molecule has 1 aliphatic heterocycles. The number of rotatable bonds is 3. The highest BCUT2D eigenvalue weighted by Crippen LogP contribution is 2.15. The molecule has 0 aliphatic carbocycles. The Balaban J connectivity index is 2.64. The van der Waals surface area contributed by atoms with E-state index in [0.29, 0.717) is 0 Å². The molecule has 0 bridgehead atoms. The van der Waals surface area contributed by atoms with Crippen LogP contribution in [-0.4, -0.2) is 55.8 Å². The number of amides is 1. The van der Waals surface area contributed by atoms with Crippen LogP contribution in [0.5, 0.6) is 0 Å². The maximum atomic E-state index is 11.7. The molecule has 0 saturated carbocycles. The Morgan fingerprint density at radius 3 is 2.50 bits per heavy atom. The number of Topliss-reactive ketones (excluding diaryl/α,β-unsaturated/α-hetero) is 1. The number of likely N-dealkylation sites (tertiary alicyclic amines) is 1. The van der Waals surface area contributed by atoms with E-state index in [4.69, 9.17) is 0 Å². The van der Waals surface area contributed by atoms with Gasteiger partial charge in [-0.05, 0) is 0 Å². The Kier molecular flexibility index (Phi) is 4.82. The zero-order valence-electron chi connectivity index (χ0n) is 10.3. The lowest BCUT2D eigenvalue weighted by molar-refractivity contribution is -0.154. The Bertz CT molecular complexity index is 370. The third kappa shape index (κ3) is 3.28. The van der Waals surface area contributed by atoms with Crippen LogP contribution in [0.1, 0.15) is 12.8 Å². The summed E-state index contributed by atoms with van der Waals surface area (Å²) >= 11 is 0. The Labute approximate surface area is 104 Å². The second-order valence-corrected chi connectivity index (χ2v) is 3.88. The van der Waals surface area contributed by atoms with Crippen molar-refractivity contribution < 1.29 is 28.7 Å². The van der Waals surface area contributed by atoms with Gasteiger partial charge in [-0.15, -0.1) is 0 Å². The minimum Gasteiger partial charge on any atom is -0.469 e. The van der Waals surface area contributed by atoms with E-state index in [-0.39, 0.29) is 25.3 Å². The molecule has 1 fully saturated rings. The van der Waals surface area contributed by atoms with Gasteiger partial charge in [-0.1, -0.05) is 0 Å². The zero-order chi connectivity index (χ0) is 13.7. The summed E-state index contributed by atoms with van der Waals surface area (Å²) in [7, 11) is 2.37. The van der Waals surface area contributed by atoms with Crippen LogP contribution in [0.25, 0.3) is 0 Å². The van der Waals surface area contributed by atoms with Crippen molar-refractivity contribution in [2.75, 3.05) is 27.3 Å². The molecule has 1 heterocycles. The van der Waals surface area contributed by atoms with E-state index in [0.717, 1.165) is 0 Å². The molecule has 0 spiro atoms. The van der Waals surface area contributed by atoms with E-state index in [1.165, 1.54) is 19.1 Å². The van der Waals surface area contributed by atoms with Gasteiger partial charge in [-0.25, -0.2) is 0 Å². The standard InChI is InChI=1S/C11H15NO6/c1-17-10(15)5-9(14)12-4-3-8(13)7(6-12)11(16)18-2/h7H,3-6H2,1-2H3. The smallest absolute Gasteiger partial charge is 0.318 e. The second-order valence-electron chi connectivity index (χ2n) is 3.88. The summed E-state index contributed by atoms with van der Waals surface area (Å²) < 4.78 is 8.88. The number of hydrogen-bond acceptors (Lipinski definition) is 6. The summed E-state index contributed by atoms with van der Waals surface area (Å²) in [4.78, 5) is 46.8. The van der Waals surface area contributed by atoms with Gasteiger partial charge in [-0.3, -0.25) is 19.2 Å². The third-order valence-corrected chi connectivity index (χ3v) is 2.78. The number of esters is 2. The molecule has 1 unspecified atom stereocenters. The fraction of sp³-hybridized carbons (Fsp3) is 0.636. The van der Waals surface area contributed by atoms with Crippen LogP contribution in [0.2, 0.25) is 0 Å². The average Bonchev–Trinajstić information content (AvgIpc) is 2.38. The minimum atomic E-state index is -0.953. The van der Waals surface area contributed by atoms with Crippen molar-refractivity contribution in [3.8, 4) is 0 Å². The van der Waals surface area contributed by atoms with E-state index < -0.39 is 30.2 Å². The number of ketones is 1. The molecule has 1 aliphatic rings. The normalized spacial score (nSPS) is 19.3. The van der Waals surface area contributed by atoms with Crippen LogP contribution in [0.15, 0.2) is 0 Å². The van der Waals surface area contributed by atoms with Crippen LogP contribution < -0.4 is 0 Å². The summed E-state index contributed by atoms with van der Waals surface area (Å²) in [5.74, 6) is -2.96. The summed E-state index contributed by atoms with van der Waals surface area (Å²) in [6.45, 7) is 0.170. The first kappa shape index (κ1) is 14.1. The number of carbonyl (C=O) groups is 4. The number of nitrogens with zero attached hydrogens (tertiary/aromatic N) is 1. The summed E-state index contributed by atoms with van der Waals surface area (Å²) in [5.41, 5.74) is 0. The van der Waals surface area contributed by atoms with E-state index in [1.54, 1.807) is 0 Å². The van der Waals surface area contributed by atoms with Gasteiger partial charge in [0.05, 0.1) is 14.2 Å².